The van der Waals surface area contributed by atoms with Crippen molar-refractivity contribution < 1.29 is 26.3 Å². The van der Waals surface area contributed by atoms with Gasteiger partial charge in [-0.3, -0.25) is 0 Å². The van der Waals surface area contributed by atoms with Crippen LogP contribution in [-0.2, 0) is 23.5 Å². The summed E-state index contributed by atoms with van der Waals surface area (Å²) in [6, 6.07) is 0. The minimum atomic E-state index is -3.74. The quantitative estimate of drug-likeness (QED) is 0.831. The van der Waals surface area contributed by atoms with Crippen LogP contribution in [0.3, 0.4) is 0 Å². The van der Waals surface area contributed by atoms with E-state index in [9.17, 15) is 13.2 Å². The first kappa shape index (κ1) is 15.2. The lowest BCUT2D eigenvalue weighted by Gasteiger charge is -2.27. The summed E-state index contributed by atoms with van der Waals surface area (Å²) in [4.78, 5) is 11.3. The number of ether oxygens (including phenoxy) is 1. The average Bonchev–Trinajstić information content (AvgIpc) is 2.09. The summed E-state index contributed by atoms with van der Waals surface area (Å²) in [6.45, 7) is 7.53. The summed E-state index contributed by atoms with van der Waals surface area (Å²) in [5, 5.41) is 2.59. The van der Waals surface area contributed by atoms with Gasteiger partial charge in [0, 0.05) is 13.0 Å². The molecule has 106 valence electrons. The van der Waals surface area contributed by atoms with Crippen molar-refractivity contribution in [3.8, 4) is 0 Å². The lowest BCUT2D eigenvalue weighted by atomic mass is 10.1. The molecule has 1 heterocycles. The van der Waals surface area contributed by atoms with Crippen LogP contribution in [0.5, 0.6) is 0 Å². The molecule has 1 unspecified atom stereocenters. The molecule has 0 aliphatic carbocycles. The molecule has 1 amide bonds. The van der Waals surface area contributed by atoms with Crippen molar-refractivity contribution in [2.75, 3.05) is 6.54 Å². The smallest absolute Gasteiger partial charge is 0.407 e. The van der Waals surface area contributed by atoms with Crippen LogP contribution in [-0.4, -0.2) is 32.9 Å². The Balaban J connectivity index is 2.18. The summed E-state index contributed by atoms with van der Waals surface area (Å²) in [6.07, 6.45) is -0.863. The van der Waals surface area contributed by atoms with Crippen LogP contribution < -0.4 is 5.32 Å². The fourth-order valence-electron chi connectivity index (χ4n) is 1.33. The Morgan fingerprint density at radius 2 is 1.94 bits per heavy atom. The van der Waals surface area contributed by atoms with Gasteiger partial charge in [-0.15, -0.1) is 0 Å². The molecule has 7 nitrogen and oxygen atoms in total. The molecule has 8 heteroatoms. The molecule has 1 atom stereocenters. The van der Waals surface area contributed by atoms with Gasteiger partial charge in [-0.2, -0.15) is 8.42 Å². The molecule has 1 aliphatic rings. The zero-order chi connectivity index (χ0) is 14.0. The van der Waals surface area contributed by atoms with E-state index >= 15 is 0 Å². The largest absolute Gasteiger partial charge is 0.444 e. The Labute approximate surface area is 107 Å². The predicted octanol–water partition coefficient (Wildman–Crippen LogP) is 1.16. The summed E-state index contributed by atoms with van der Waals surface area (Å²) in [7, 11) is -3.74. The highest BCUT2D eigenvalue weighted by Crippen LogP contribution is 2.23. The van der Waals surface area contributed by atoms with Gasteiger partial charge in [0.05, 0.1) is 0 Å². The van der Waals surface area contributed by atoms with E-state index in [2.05, 4.69) is 13.7 Å². The summed E-state index contributed by atoms with van der Waals surface area (Å²) in [5.74, 6) is 0.0121. The standard InChI is InChI=1S/C10H19NO6S/c1-7(5-8-16-18(13,14)17-8)6-11-9(12)15-10(2,3)4/h7-8H,5-6H2,1-4H3,(H,11,12). The molecule has 1 rings (SSSR count). The van der Waals surface area contributed by atoms with Crippen molar-refractivity contribution in [2.45, 2.75) is 46.0 Å². The maximum absolute atomic E-state index is 11.3. The lowest BCUT2D eigenvalue weighted by Crippen LogP contribution is -2.40. The second-order valence-corrected chi connectivity index (χ2v) is 6.46. The molecule has 0 bridgehead atoms. The number of nitrogens with one attached hydrogen (secondary N) is 1. The molecule has 0 radical (unpaired) electrons. The number of rotatable bonds is 4. The monoisotopic (exact) mass is 281 g/mol. The van der Waals surface area contributed by atoms with Gasteiger partial charge in [0.2, 0.25) is 0 Å². The third-order valence-corrected chi connectivity index (χ3v) is 2.94. The van der Waals surface area contributed by atoms with E-state index in [4.69, 9.17) is 4.74 Å². The molecule has 0 aromatic heterocycles. The Morgan fingerprint density at radius 3 is 2.39 bits per heavy atom. The number of carbonyl (C=O) groups is 1. The molecular formula is C10H19NO6S. The van der Waals surface area contributed by atoms with Crippen LogP contribution in [0.25, 0.3) is 0 Å². The van der Waals surface area contributed by atoms with Gasteiger partial charge in [-0.25, -0.2) is 13.2 Å². The van der Waals surface area contributed by atoms with Gasteiger partial charge >= 0.3 is 16.5 Å². The molecular weight excluding hydrogens is 262 g/mol. The van der Waals surface area contributed by atoms with E-state index in [1.807, 2.05) is 6.92 Å². The highest BCUT2D eigenvalue weighted by Gasteiger charge is 2.36. The summed E-state index contributed by atoms with van der Waals surface area (Å²) in [5.41, 5.74) is -0.540. The Hall–Kier alpha value is -0.860. The molecule has 0 spiro atoms. The molecule has 1 fully saturated rings. The van der Waals surface area contributed by atoms with Crippen molar-refractivity contribution in [3.05, 3.63) is 0 Å². The maximum atomic E-state index is 11.3. The molecule has 18 heavy (non-hydrogen) atoms. The van der Waals surface area contributed by atoms with Crippen molar-refractivity contribution in [2.24, 2.45) is 5.92 Å². The van der Waals surface area contributed by atoms with Gasteiger partial charge < -0.3 is 10.1 Å². The van der Waals surface area contributed by atoms with Crippen molar-refractivity contribution in [1.29, 1.82) is 0 Å². The van der Waals surface area contributed by atoms with Crippen LogP contribution in [0.15, 0.2) is 0 Å². The Morgan fingerprint density at radius 1 is 1.39 bits per heavy atom. The van der Waals surface area contributed by atoms with E-state index in [0.29, 0.717) is 13.0 Å². The first-order valence-electron chi connectivity index (χ1n) is 5.66. The second kappa shape index (κ2) is 5.41. The zero-order valence-corrected chi connectivity index (χ0v) is 11.7. The van der Waals surface area contributed by atoms with Gasteiger partial charge in [0.1, 0.15) is 5.60 Å². The van der Waals surface area contributed by atoms with Crippen LogP contribution >= 0.6 is 0 Å². The van der Waals surface area contributed by atoms with Crippen LogP contribution in [0, 0.1) is 5.92 Å². The van der Waals surface area contributed by atoms with Crippen LogP contribution in [0.4, 0.5) is 4.79 Å². The number of amides is 1. The van der Waals surface area contributed by atoms with Gasteiger partial charge in [-0.1, -0.05) is 6.92 Å². The third-order valence-electron chi connectivity index (χ3n) is 2.04. The number of hydrogen-bond acceptors (Lipinski definition) is 6. The SMILES string of the molecule is CC(CNC(=O)OC(C)(C)C)CC1OS(=O)(=O)O1. The number of hydrogen-bond donors (Lipinski definition) is 1. The zero-order valence-electron chi connectivity index (χ0n) is 10.9. The Kier molecular flexibility index (Phi) is 4.57. The fourth-order valence-corrected chi connectivity index (χ4v) is 2.03. The van der Waals surface area contributed by atoms with Crippen molar-refractivity contribution in [1.82, 2.24) is 5.32 Å². The van der Waals surface area contributed by atoms with Gasteiger partial charge in [0.15, 0.2) is 6.29 Å². The minimum absolute atomic E-state index is 0.0121. The number of carbonyl (C=O) groups excluding carboxylic acids is 1. The maximum Gasteiger partial charge on any atom is 0.407 e. The average molecular weight is 281 g/mol. The molecule has 1 N–H and O–H groups in total. The van der Waals surface area contributed by atoms with E-state index < -0.39 is 28.4 Å². The second-order valence-electron chi connectivity index (χ2n) is 5.25. The highest BCUT2D eigenvalue weighted by atomic mass is 32.3. The predicted molar refractivity (Wildman–Crippen MR) is 62.9 cm³/mol. The molecule has 0 aromatic rings. The molecule has 0 saturated carbocycles. The minimum Gasteiger partial charge on any atom is -0.444 e. The van der Waals surface area contributed by atoms with Gasteiger partial charge in [-0.05, 0) is 26.7 Å². The number of alkyl carbamates (subject to hydrolysis) is 1. The van der Waals surface area contributed by atoms with Crippen molar-refractivity contribution in [3.63, 3.8) is 0 Å². The molecule has 1 saturated heterocycles. The van der Waals surface area contributed by atoms with E-state index in [1.165, 1.54) is 0 Å². The first-order chi connectivity index (χ1) is 8.07. The lowest BCUT2D eigenvalue weighted by molar-refractivity contribution is -0.0905. The van der Waals surface area contributed by atoms with E-state index in [1.54, 1.807) is 20.8 Å². The fraction of sp³-hybridized carbons (Fsp3) is 0.900. The normalized spacial score (nSPS) is 20.9. The van der Waals surface area contributed by atoms with Gasteiger partial charge in [0.25, 0.3) is 0 Å². The molecule has 0 aromatic carbocycles. The van der Waals surface area contributed by atoms with Crippen LogP contribution in [0.1, 0.15) is 34.1 Å². The molecule has 1 aliphatic heterocycles. The first-order valence-corrected chi connectivity index (χ1v) is 6.99. The van der Waals surface area contributed by atoms with Crippen LogP contribution in [0.2, 0.25) is 0 Å². The summed E-state index contributed by atoms with van der Waals surface area (Å²) < 4.78 is 35.2. The van der Waals surface area contributed by atoms with Crippen molar-refractivity contribution >= 4 is 16.5 Å². The third kappa shape index (κ3) is 5.65. The highest BCUT2D eigenvalue weighted by molar-refractivity contribution is 7.82. The van der Waals surface area contributed by atoms with E-state index in [0.717, 1.165) is 0 Å². The summed E-state index contributed by atoms with van der Waals surface area (Å²) >= 11 is 0. The van der Waals surface area contributed by atoms with E-state index in [-0.39, 0.29) is 5.92 Å². The topological polar surface area (TPSA) is 90.9 Å². The Bertz CT molecular complexity index is 387.